The number of ether oxygens (including phenoxy) is 1. The Bertz CT molecular complexity index is 897. The number of pyridine rings is 1. The first kappa shape index (κ1) is 18.6. The summed E-state index contributed by atoms with van der Waals surface area (Å²) in [6.45, 7) is 10.2. The molecule has 1 aromatic rings. The molecule has 6 rings (SSSR count). The molecule has 3 saturated carbocycles. The topological polar surface area (TPSA) is 45.6 Å². The third-order valence-corrected chi connectivity index (χ3v) is 11.2. The van der Waals surface area contributed by atoms with E-state index in [0.29, 0.717) is 12.0 Å². The minimum Gasteiger partial charge on any atom is -0.393 e. The fourth-order valence-electron chi connectivity index (χ4n) is 9.00. The van der Waals surface area contributed by atoms with E-state index in [4.69, 9.17) is 4.74 Å². The van der Waals surface area contributed by atoms with Crippen LogP contribution in [0.3, 0.4) is 0 Å². The maximum absolute atomic E-state index is 10.4. The molecule has 4 aliphatic carbocycles. The summed E-state index contributed by atoms with van der Waals surface area (Å²) < 4.78 is 6.55. The lowest BCUT2D eigenvalue weighted by molar-refractivity contribution is -0.189. The minimum absolute atomic E-state index is 0.0573. The van der Waals surface area contributed by atoms with E-state index < -0.39 is 0 Å². The largest absolute Gasteiger partial charge is 0.393 e. The van der Waals surface area contributed by atoms with Gasteiger partial charge in [-0.1, -0.05) is 39.8 Å². The summed E-state index contributed by atoms with van der Waals surface area (Å²) in [5, 5.41) is 10.4. The number of aliphatic hydroxyl groups excluding tert-OH is 1. The molecule has 0 amide bonds. The molecule has 1 saturated heterocycles. The number of epoxide rings is 1. The quantitative estimate of drug-likeness (QED) is 0.651. The van der Waals surface area contributed by atoms with Crippen molar-refractivity contribution in [3.05, 3.63) is 36.2 Å². The van der Waals surface area contributed by atoms with E-state index in [1.54, 1.807) is 0 Å². The second kappa shape index (κ2) is 5.34. The predicted octanol–water partition coefficient (Wildman–Crippen LogP) is 5.39. The van der Waals surface area contributed by atoms with E-state index in [0.717, 1.165) is 25.7 Å². The molecule has 2 heterocycles. The molecule has 3 nitrogen and oxygen atoms in total. The van der Waals surface area contributed by atoms with Crippen LogP contribution in [0.15, 0.2) is 30.6 Å². The van der Waals surface area contributed by atoms with Gasteiger partial charge in [-0.15, -0.1) is 0 Å². The lowest BCUT2D eigenvalue weighted by atomic mass is 9.35. The number of fused-ring (bicyclic) bond motifs is 4. The van der Waals surface area contributed by atoms with E-state index in [1.807, 2.05) is 6.20 Å². The van der Waals surface area contributed by atoms with Gasteiger partial charge >= 0.3 is 0 Å². The van der Waals surface area contributed by atoms with E-state index >= 15 is 0 Å². The number of aliphatic hydroxyl groups is 1. The summed E-state index contributed by atoms with van der Waals surface area (Å²) in [6, 6.07) is 4.31. The van der Waals surface area contributed by atoms with E-state index in [-0.39, 0.29) is 33.4 Å². The summed E-state index contributed by atoms with van der Waals surface area (Å²) in [4.78, 5) is 4.42. The van der Waals surface area contributed by atoms with Crippen molar-refractivity contribution in [2.75, 3.05) is 0 Å². The van der Waals surface area contributed by atoms with Crippen molar-refractivity contribution >= 4 is 5.57 Å². The van der Waals surface area contributed by atoms with Crippen molar-refractivity contribution in [2.24, 2.45) is 27.6 Å². The van der Waals surface area contributed by atoms with E-state index in [9.17, 15) is 5.11 Å². The predicted molar refractivity (Wildman–Crippen MR) is 114 cm³/mol. The third kappa shape index (κ3) is 1.92. The first-order valence-electron chi connectivity index (χ1n) is 11.7. The summed E-state index contributed by atoms with van der Waals surface area (Å²) >= 11 is 0. The highest BCUT2D eigenvalue weighted by Gasteiger charge is 2.80. The Morgan fingerprint density at radius 3 is 2.69 bits per heavy atom. The molecule has 0 aromatic carbocycles. The van der Waals surface area contributed by atoms with Crippen LogP contribution in [0.25, 0.3) is 5.57 Å². The van der Waals surface area contributed by atoms with E-state index in [1.165, 1.54) is 30.4 Å². The van der Waals surface area contributed by atoms with Crippen LogP contribution in [0.4, 0.5) is 0 Å². The van der Waals surface area contributed by atoms with Crippen LogP contribution in [-0.2, 0) is 4.74 Å². The smallest absolute Gasteiger partial charge is 0.103 e. The molecule has 1 N–H and O–H groups in total. The Kier molecular flexibility index (Phi) is 3.42. The second-order valence-electron chi connectivity index (χ2n) is 11.7. The van der Waals surface area contributed by atoms with Crippen molar-refractivity contribution < 1.29 is 9.84 Å². The number of nitrogens with zero attached hydrogens (tertiary/aromatic N) is 1. The maximum atomic E-state index is 10.4. The van der Waals surface area contributed by atoms with Crippen LogP contribution in [-0.4, -0.2) is 27.9 Å². The van der Waals surface area contributed by atoms with Crippen LogP contribution >= 0.6 is 0 Å². The molecule has 0 radical (unpaired) electrons. The number of hydrogen-bond acceptors (Lipinski definition) is 3. The van der Waals surface area contributed by atoms with Gasteiger partial charge < -0.3 is 9.84 Å². The lowest BCUT2D eigenvalue weighted by Gasteiger charge is -2.68. The normalized spacial score (nSPS) is 55.2. The highest BCUT2D eigenvalue weighted by molar-refractivity contribution is 5.73. The molecule has 156 valence electrons. The van der Waals surface area contributed by atoms with Gasteiger partial charge in [0.25, 0.3) is 0 Å². The number of aromatic nitrogens is 1. The highest BCUT2D eigenvalue weighted by atomic mass is 16.6. The Morgan fingerprint density at radius 2 is 1.93 bits per heavy atom. The van der Waals surface area contributed by atoms with Gasteiger partial charge in [-0.3, -0.25) is 4.98 Å². The molecular formula is C26H35NO2. The van der Waals surface area contributed by atoms with Gasteiger partial charge in [-0.25, -0.2) is 0 Å². The average molecular weight is 394 g/mol. The average Bonchev–Trinajstić information content (AvgIpc) is 3.32. The second-order valence-corrected chi connectivity index (χ2v) is 11.7. The van der Waals surface area contributed by atoms with Gasteiger partial charge in [0, 0.05) is 24.2 Å². The molecule has 0 bridgehead atoms. The summed E-state index contributed by atoms with van der Waals surface area (Å²) in [5.41, 5.74) is 3.66. The first-order valence-corrected chi connectivity index (χ1v) is 11.7. The Labute approximate surface area is 175 Å². The molecule has 5 aliphatic rings. The zero-order valence-corrected chi connectivity index (χ0v) is 18.4. The molecule has 1 aliphatic heterocycles. The van der Waals surface area contributed by atoms with Crippen molar-refractivity contribution in [2.45, 2.75) is 90.4 Å². The SMILES string of the molecule is C[C@]12CC[C@H](O)C[C@@]13O[C@H]3CC1[C@]2(C)CC[C@]2(C)C(c3cccnc3)=CC[C@@]12C. The van der Waals surface area contributed by atoms with E-state index in [2.05, 4.69) is 57.1 Å². The van der Waals surface area contributed by atoms with Gasteiger partial charge in [0.05, 0.1) is 12.2 Å². The third-order valence-electron chi connectivity index (χ3n) is 11.2. The van der Waals surface area contributed by atoms with Crippen molar-refractivity contribution in [1.82, 2.24) is 4.98 Å². The molecule has 8 atom stereocenters. The van der Waals surface area contributed by atoms with Crippen LogP contribution in [0, 0.1) is 27.6 Å². The fourth-order valence-corrected chi connectivity index (χ4v) is 9.00. The van der Waals surface area contributed by atoms with Gasteiger partial charge in [-0.2, -0.15) is 0 Å². The fraction of sp³-hybridized carbons (Fsp3) is 0.731. The minimum atomic E-state index is -0.178. The highest BCUT2D eigenvalue weighted by Crippen LogP contribution is 2.81. The number of rotatable bonds is 1. The number of allylic oxidation sites excluding steroid dienone is 2. The molecule has 1 aromatic heterocycles. The standard InChI is InChI=1S/C26H35NO2/c1-22-11-12-24(3)20(14-21-26(29-21)15-18(28)7-10-25(24,26)4)23(22,2)9-8-19(22)17-6-5-13-27-16-17/h5-6,8,13,16,18,20-21,28H,7,9-12,14-15H2,1-4H3/t18-,20?,21-,22+,23-,24-,25+,26-/m0/s1. The van der Waals surface area contributed by atoms with Gasteiger partial charge in [0.2, 0.25) is 0 Å². The van der Waals surface area contributed by atoms with Gasteiger partial charge in [0.1, 0.15) is 5.60 Å². The monoisotopic (exact) mass is 393 g/mol. The molecular weight excluding hydrogens is 358 g/mol. The van der Waals surface area contributed by atoms with Gasteiger partial charge in [-0.05, 0) is 77.9 Å². The van der Waals surface area contributed by atoms with Crippen molar-refractivity contribution in [3.63, 3.8) is 0 Å². The Balaban J connectivity index is 1.43. The Hall–Kier alpha value is -1.19. The first-order chi connectivity index (χ1) is 13.7. The molecule has 1 spiro atoms. The summed E-state index contributed by atoms with van der Waals surface area (Å²) in [7, 11) is 0. The molecule has 4 fully saturated rings. The molecule has 3 heteroatoms. The van der Waals surface area contributed by atoms with Crippen LogP contribution in [0.1, 0.15) is 78.2 Å². The number of hydrogen-bond donors (Lipinski definition) is 1. The zero-order valence-electron chi connectivity index (χ0n) is 18.4. The van der Waals surface area contributed by atoms with Crippen molar-refractivity contribution in [1.29, 1.82) is 0 Å². The summed E-state index contributed by atoms with van der Waals surface area (Å²) in [5.74, 6) is 0.653. The van der Waals surface area contributed by atoms with Crippen molar-refractivity contribution in [3.8, 4) is 0 Å². The lowest BCUT2D eigenvalue weighted by Crippen LogP contribution is -2.66. The summed E-state index contributed by atoms with van der Waals surface area (Å²) in [6.07, 6.45) is 14.3. The van der Waals surface area contributed by atoms with Crippen LogP contribution in [0.2, 0.25) is 0 Å². The maximum Gasteiger partial charge on any atom is 0.103 e. The van der Waals surface area contributed by atoms with Crippen LogP contribution < -0.4 is 0 Å². The molecule has 1 unspecified atom stereocenters. The molecule has 29 heavy (non-hydrogen) atoms. The Morgan fingerprint density at radius 1 is 1.10 bits per heavy atom. The van der Waals surface area contributed by atoms with Crippen LogP contribution in [0.5, 0.6) is 0 Å². The van der Waals surface area contributed by atoms with Gasteiger partial charge in [0.15, 0.2) is 0 Å². The zero-order chi connectivity index (χ0) is 20.3.